The Kier molecular flexibility index (Phi) is 7.45. The zero-order chi connectivity index (χ0) is 19.1. The summed E-state index contributed by atoms with van der Waals surface area (Å²) >= 11 is 0. The second-order valence-electron chi connectivity index (χ2n) is 7.10. The predicted molar refractivity (Wildman–Crippen MR) is 105 cm³/mol. The molecule has 1 unspecified atom stereocenters. The summed E-state index contributed by atoms with van der Waals surface area (Å²) in [4.78, 5) is 20.6. The van der Waals surface area contributed by atoms with Crippen molar-refractivity contribution in [2.24, 2.45) is 10.9 Å². The fourth-order valence-electron chi connectivity index (χ4n) is 3.40. The predicted octanol–water partition coefficient (Wildman–Crippen LogP) is 2.06. The van der Waals surface area contributed by atoms with Gasteiger partial charge in [0.05, 0.1) is 19.1 Å². The zero-order valence-electron chi connectivity index (χ0n) is 16.7. The van der Waals surface area contributed by atoms with Crippen LogP contribution in [0.4, 0.5) is 0 Å². The van der Waals surface area contributed by atoms with Crippen LogP contribution in [0.25, 0.3) is 0 Å². The highest BCUT2D eigenvalue weighted by Crippen LogP contribution is 2.20. The molecule has 1 aliphatic heterocycles. The van der Waals surface area contributed by atoms with Crippen molar-refractivity contribution in [3.8, 4) is 0 Å². The molecule has 6 nitrogen and oxygen atoms in total. The summed E-state index contributed by atoms with van der Waals surface area (Å²) in [6.45, 7) is 4.51. The molecule has 144 valence electrons. The zero-order valence-corrected chi connectivity index (χ0v) is 16.7. The Morgan fingerprint density at radius 1 is 1.31 bits per heavy atom. The highest BCUT2D eigenvalue weighted by Gasteiger charge is 2.27. The molecule has 1 fully saturated rings. The molecule has 1 aromatic carbocycles. The molecule has 0 amide bonds. The smallest absolute Gasteiger partial charge is 0.308 e. The molecule has 0 radical (unpaired) electrons. The van der Waals surface area contributed by atoms with Gasteiger partial charge in [-0.15, -0.1) is 0 Å². The minimum absolute atomic E-state index is 0.0106. The maximum Gasteiger partial charge on any atom is 0.308 e. The number of benzene rings is 1. The van der Waals surface area contributed by atoms with E-state index in [4.69, 9.17) is 4.74 Å². The van der Waals surface area contributed by atoms with Gasteiger partial charge >= 0.3 is 5.97 Å². The molecule has 1 N–H and O–H groups in total. The average Bonchev–Trinajstić information content (AvgIpc) is 2.65. The number of rotatable bonds is 5. The number of piperidine rings is 1. The number of aliphatic imine (C=N–C) groups is 1. The molecule has 0 bridgehead atoms. The summed E-state index contributed by atoms with van der Waals surface area (Å²) in [5.41, 5.74) is 2.55. The van der Waals surface area contributed by atoms with Crippen LogP contribution in [-0.2, 0) is 9.53 Å². The van der Waals surface area contributed by atoms with E-state index in [0.717, 1.165) is 38.4 Å². The number of carbonyl (C=O) groups excluding carboxylic acids is 1. The first-order valence-corrected chi connectivity index (χ1v) is 9.22. The van der Waals surface area contributed by atoms with E-state index in [2.05, 4.69) is 65.4 Å². The molecule has 0 aliphatic carbocycles. The summed E-state index contributed by atoms with van der Waals surface area (Å²) in [6.07, 6.45) is 1.62. The Morgan fingerprint density at radius 3 is 2.42 bits per heavy atom. The number of esters is 1. The number of guanidine groups is 1. The van der Waals surface area contributed by atoms with Crippen molar-refractivity contribution < 1.29 is 9.53 Å². The Labute approximate surface area is 157 Å². The van der Waals surface area contributed by atoms with Gasteiger partial charge in [-0.05, 0) is 39.4 Å². The maximum atomic E-state index is 11.7. The SMILES string of the molecule is CN=C(NCC(c1ccc(C)cc1)N(C)C)N1CCC(C(=O)OC)CC1. The number of methoxy groups -OCH3 is 1. The molecule has 1 heterocycles. The molecule has 0 aromatic heterocycles. The summed E-state index contributed by atoms with van der Waals surface area (Å²) in [6, 6.07) is 8.94. The van der Waals surface area contributed by atoms with E-state index in [1.807, 2.05) is 7.05 Å². The van der Waals surface area contributed by atoms with Gasteiger partial charge in [0.15, 0.2) is 5.96 Å². The number of nitrogens with zero attached hydrogens (tertiary/aromatic N) is 3. The van der Waals surface area contributed by atoms with Crippen LogP contribution in [0.5, 0.6) is 0 Å². The number of aryl methyl sites for hydroxylation is 1. The van der Waals surface area contributed by atoms with Gasteiger partial charge in [0.2, 0.25) is 0 Å². The maximum absolute atomic E-state index is 11.7. The van der Waals surface area contributed by atoms with Crippen molar-refractivity contribution in [1.82, 2.24) is 15.1 Å². The highest BCUT2D eigenvalue weighted by atomic mass is 16.5. The molecule has 0 spiro atoms. The molecular weight excluding hydrogens is 328 g/mol. The fraction of sp³-hybridized carbons (Fsp3) is 0.600. The van der Waals surface area contributed by atoms with Gasteiger partial charge in [-0.25, -0.2) is 0 Å². The minimum atomic E-state index is -0.0976. The number of carbonyl (C=O) groups is 1. The van der Waals surface area contributed by atoms with Gasteiger partial charge < -0.3 is 19.9 Å². The first-order valence-electron chi connectivity index (χ1n) is 9.22. The fourth-order valence-corrected chi connectivity index (χ4v) is 3.40. The minimum Gasteiger partial charge on any atom is -0.469 e. The molecule has 1 atom stereocenters. The lowest BCUT2D eigenvalue weighted by Crippen LogP contribution is -2.48. The van der Waals surface area contributed by atoms with Crippen molar-refractivity contribution in [1.29, 1.82) is 0 Å². The lowest BCUT2D eigenvalue weighted by Gasteiger charge is -2.34. The molecule has 1 aliphatic rings. The lowest BCUT2D eigenvalue weighted by atomic mass is 9.97. The second kappa shape index (κ2) is 9.57. The van der Waals surface area contributed by atoms with Crippen LogP contribution in [0.3, 0.4) is 0 Å². The third-order valence-electron chi connectivity index (χ3n) is 5.08. The van der Waals surface area contributed by atoms with Crippen molar-refractivity contribution in [2.75, 3.05) is 47.9 Å². The number of likely N-dealkylation sites (tertiary alicyclic amines) is 1. The number of ether oxygens (including phenoxy) is 1. The van der Waals surface area contributed by atoms with Gasteiger partial charge in [-0.2, -0.15) is 0 Å². The molecular formula is C20H32N4O2. The number of likely N-dealkylation sites (N-methyl/N-ethyl adjacent to an activating group) is 1. The molecule has 0 saturated carbocycles. The lowest BCUT2D eigenvalue weighted by molar-refractivity contribution is -0.146. The van der Waals surface area contributed by atoms with Crippen molar-refractivity contribution in [3.05, 3.63) is 35.4 Å². The van der Waals surface area contributed by atoms with Crippen molar-refractivity contribution in [2.45, 2.75) is 25.8 Å². The van der Waals surface area contributed by atoms with E-state index >= 15 is 0 Å². The van der Waals surface area contributed by atoms with E-state index in [1.165, 1.54) is 18.2 Å². The van der Waals surface area contributed by atoms with E-state index < -0.39 is 0 Å². The Bertz CT molecular complexity index is 605. The highest BCUT2D eigenvalue weighted by molar-refractivity contribution is 5.80. The number of hydrogen-bond donors (Lipinski definition) is 1. The van der Waals surface area contributed by atoms with E-state index in [0.29, 0.717) is 0 Å². The average molecular weight is 361 g/mol. The van der Waals surface area contributed by atoms with Gasteiger partial charge in [0.25, 0.3) is 0 Å². The van der Waals surface area contributed by atoms with Crippen LogP contribution in [0.2, 0.25) is 0 Å². The monoisotopic (exact) mass is 360 g/mol. The van der Waals surface area contributed by atoms with Crippen LogP contribution >= 0.6 is 0 Å². The van der Waals surface area contributed by atoms with Crippen LogP contribution in [0.1, 0.15) is 30.0 Å². The van der Waals surface area contributed by atoms with Crippen LogP contribution in [0, 0.1) is 12.8 Å². The van der Waals surface area contributed by atoms with Crippen molar-refractivity contribution >= 4 is 11.9 Å². The Morgan fingerprint density at radius 2 is 1.92 bits per heavy atom. The normalized spacial score (nSPS) is 17.3. The molecule has 1 aromatic rings. The summed E-state index contributed by atoms with van der Waals surface area (Å²) in [7, 11) is 7.46. The van der Waals surface area contributed by atoms with Crippen LogP contribution in [0.15, 0.2) is 29.3 Å². The van der Waals surface area contributed by atoms with E-state index in [1.54, 1.807) is 0 Å². The first-order chi connectivity index (χ1) is 12.5. The standard InChI is InChI=1S/C20H32N4O2/c1-15-6-8-16(9-7-15)18(23(3)4)14-22-20(21-2)24-12-10-17(11-13-24)19(25)26-5/h6-9,17-18H,10-14H2,1-5H3,(H,21,22). The summed E-state index contributed by atoms with van der Waals surface area (Å²) < 4.78 is 4.87. The molecule has 1 saturated heterocycles. The van der Waals surface area contributed by atoms with Gasteiger partial charge in [-0.3, -0.25) is 9.79 Å². The van der Waals surface area contributed by atoms with E-state index in [9.17, 15) is 4.79 Å². The van der Waals surface area contributed by atoms with Crippen LogP contribution in [-0.4, -0.2) is 69.6 Å². The van der Waals surface area contributed by atoms with E-state index in [-0.39, 0.29) is 17.9 Å². The second-order valence-corrected chi connectivity index (χ2v) is 7.10. The Hall–Kier alpha value is -2.08. The topological polar surface area (TPSA) is 57.2 Å². The Balaban J connectivity index is 1.95. The largest absolute Gasteiger partial charge is 0.469 e. The quantitative estimate of drug-likeness (QED) is 0.495. The van der Waals surface area contributed by atoms with Gasteiger partial charge in [0.1, 0.15) is 0 Å². The first kappa shape index (κ1) is 20.2. The van der Waals surface area contributed by atoms with Crippen molar-refractivity contribution in [3.63, 3.8) is 0 Å². The summed E-state index contributed by atoms with van der Waals surface area (Å²) in [5.74, 6) is 0.809. The number of hydrogen-bond acceptors (Lipinski definition) is 4. The summed E-state index contributed by atoms with van der Waals surface area (Å²) in [5, 5.41) is 3.51. The van der Waals surface area contributed by atoms with Gasteiger partial charge in [0, 0.05) is 26.7 Å². The van der Waals surface area contributed by atoms with Gasteiger partial charge in [-0.1, -0.05) is 29.8 Å². The molecule has 26 heavy (non-hydrogen) atoms. The molecule has 2 rings (SSSR count). The molecule has 6 heteroatoms. The third-order valence-corrected chi connectivity index (χ3v) is 5.08. The number of nitrogens with one attached hydrogen (secondary N) is 1. The van der Waals surface area contributed by atoms with Crippen LogP contribution < -0.4 is 5.32 Å². The third kappa shape index (κ3) is 5.21.